The van der Waals surface area contributed by atoms with Gasteiger partial charge in [-0.15, -0.1) is 0 Å². The fraction of sp³-hybridized carbons (Fsp3) is 0.500. The summed E-state index contributed by atoms with van der Waals surface area (Å²) >= 11 is 0. The average molecular weight is 292 g/mol. The Morgan fingerprint density at radius 1 is 1.43 bits per heavy atom. The van der Waals surface area contributed by atoms with Crippen molar-refractivity contribution in [2.24, 2.45) is 11.5 Å². The summed E-state index contributed by atoms with van der Waals surface area (Å²) in [4.78, 5) is 24.1. The molecule has 4 N–H and O–H groups in total. The molecule has 0 aliphatic carbocycles. The summed E-state index contributed by atoms with van der Waals surface area (Å²) in [7, 11) is 0. The van der Waals surface area contributed by atoms with E-state index >= 15 is 0 Å². The van der Waals surface area contributed by atoms with Crippen LogP contribution >= 0.6 is 0 Å². The number of benzene rings is 1. The molecular weight excluding hydrogens is 272 g/mol. The number of nitro benzene ring substituents is 1. The summed E-state index contributed by atoms with van der Waals surface area (Å²) in [6, 6.07) is 4.65. The van der Waals surface area contributed by atoms with Gasteiger partial charge in [0.2, 0.25) is 5.91 Å². The van der Waals surface area contributed by atoms with Gasteiger partial charge in [0.15, 0.2) is 0 Å². The van der Waals surface area contributed by atoms with Gasteiger partial charge in [-0.1, -0.05) is 12.5 Å². The monoisotopic (exact) mass is 292 g/mol. The molecule has 0 bridgehead atoms. The number of nitrogens with zero attached hydrogens (tertiary/aromatic N) is 2. The third kappa shape index (κ3) is 3.56. The Balaban J connectivity index is 2.26. The van der Waals surface area contributed by atoms with Crippen LogP contribution in [0.1, 0.15) is 35.2 Å². The van der Waals surface area contributed by atoms with Crippen LogP contribution in [0, 0.1) is 10.1 Å². The number of hydrogen-bond donors (Lipinski definition) is 2. The number of piperidine rings is 1. The lowest BCUT2D eigenvalue weighted by Crippen LogP contribution is -2.43. The molecule has 1 amide bonds. The van der Waals surface area contributed by atoms with Crippen LogP contribution < -0.4 is 11.5 Å². The third-order valence-electron chi connectivity index (χ3n) is 3.96. The van der Waals surface area contributed by atoms with Crippen molar-refractivity contribution in [1.82, 2.24) is 4.90 Å². The minimum Gasteiger partial charge on any atom is -0.366 e. The topological polar surface area (TPSA) is 115 Å². The van der Waals surface area contributed by atoms with Crippen LogP contribution in [0.25, 0.3) is 0 Å². The van der Waals surface area contributed by atoms with Gasteiger partial charge in [0, 0.05) is 36.3 Å². The molecule has 0 aromatic heterocycles. The van der Waals surface area contributed by atoms with Gasteiger partial charge >= 0.3 is 0 Å². The van der Waals surface area contributed by atoms with Gasteiger partial charge in [-0.05, 0) is 25.5 Å². The number of primary amides is 1. The van der Waals surface area contributed by atoms with E-state index in [-0.39, 0.29) is 17.3 Å². The molecule has 1 aliphatic heterocycles. The van der Waals surface area contributed by atoms with Crippen molar-refractivity contribution < 1.29 is 9.72 Å². The lowest BCUT2D eigenvalue weighted by atomic mass is 10.0. The van der Waals surface area contributed by atoms with Gasteiger partial charge in [0.25, 0.3) is 5.69 Å². The van der Waals surface area contributed by atoms with Crippen molar-refractivity contribution in [3.05, 3.63) is 39.4 Å². The van der Waals surface area contributed by atoms with E-state index in [1.165, 1.54) is 12.1 Å². The Morgan fingerprint density at radius 3 is 2.81 bits per heavy atom. The van der Waals surface area contributed by atoms with Crippen molar-refractivity contribution in [3.63, 3.8) is 0 Å². The van der Waals surface area contributed by atoms with E-state index in [0.29, 0.717) is 18.7 Å². The van der Waals surface area contributed by atoms with Gasteiger partial charge < -0.3 is 11.5 Å². The molecule has 21 heavy (non-hydrogen) atoms. The fourth-order valence-electron chi connectivity index (χ4n) is 2.77. The highest BCUT2D eigenvalue weighted by atomic mass is 16.6. The zero-order valence-electron chi connectivity index (χ0n) is 11.8. The van der Waals surface area contributed by atoms with Crippen LogP contribution in [0.15, 0.2) is 18.2 Å². The maximum Gasteiger partial charge on any atom is 0.274 e. The van der Waals surface area contributed by atoms with Crippen molar-refractivity contribution in [2.45, 2.75) is 31.8 Å². The summed E-state index contributed by atoms with van der Waals surface area (Å²) in [5.41, 5.74) is 11.6. The first-order chi connectivity index (χ1) is 10.0. The number of likely N-dealkylation sites (tertiary alicyclic amines) is 1. The van der Waals surface area contributed by atoms with Crippen molar-refractivity contribution in [2.75, 3.05) is 13.1 Å². The molecule has 1 aliphatic rings. The quantitative estimate of drug-likeness (QED) is 0.620. The highest BCUT2D eigenvalue weighted by molar-refractivity contribution is 5.93. The van der Waals surface area contributed by atoms with E-state index in [0.717, 1.165) is 25.8 Å². The molecule has 7 nitrogen and oxygen atoms in total. The molecule has 1 aromatic carbocycles. The molecule has 0 saturated carbocycles. The Labute approximate surface area is 123 Å². The van der Waals surface area contributed by atoms with Gasteiger partial charge in [0.1, 0.15) is 0 Å². The Kier molecular flexibility index (Phi) is 4.87. The molecule has 7 heteroatoms. The highest BCUT2D eigenvalue weighted by Crippen LogP contribution is 2.25. The molecule has 0 spiro atoms. The van der Waals surface area contributed by atoms with Crippen LogP contribution in [-0.4, -0.2) is 34.9 Å². The van der Waals surface area contributed by atoms with Crippen molar-refractivity contribution in [3.8, 4) is 0 Å². The molecule has 1 aromatic rings. The van der Waals surface area contributed by atoms with Gasteiger partial charge in [-0.25, -0.2) is 0 Å². The molecule has 0 radical (unpaired) electrons. The minimum absolute atomic E-state index is 0.0624. The largest absolute Gasteiger partial charge is 0.366 e. The van der Waals surface area contributed by atoms with Crippen molar-refractivity contribution in [1.29, 1.82) is 0 Å². The van der Waals surface area contributed by atoms with E-state index in [1.54, 1.807) is 6.07 Å². The van der Waals surface area contributed by atoms with E-state index in [9.17, 15) is 14.9 Å². The van der Waals surface area contributed by atoms with Gasteiger partial charge in [-0.3, -0.25) is 19.8 Å². The van der Waals surface area contributed by atoms with Crippen LogP contribution in [-0.2, 0) is 6.54 Å². The summed E-state index contributed by atoms with van der Waals surface area (Å²) in [6.07, 6.45) is 3.23. The van der Waals surface area contributed by atoms with Crippen LogP contribution in [0.3, 0.4) is 0 Å². The predicted molar refractivity (Wildman–Crippen MR) is 78.7 cm³/mol. The number of carbonyl (C=O) groups excluding carboxylic acids is 1. The lowest BCUT2D eigenvalue weighted by Gasteiger charge is -2.34. The first-order valence-corrected chi connectivity index (χ1v) is 7.04. The smallest absolute Gasteiger partial charge is 0.274 e. The predicted octanol–water partition coefficient (Wildman–Crippen LogP) is 1.01. The number of nitrogens with two attached hydrogens (primary N) is 2. The number of amides is 1. The van der Waals surface area contributed by atoms with Gasteiger partial charge in [-0.2, -0.15) is 0 Å². The molecule has 114 valence electrons. The standard InChI is InChI=1S/C14H20N4O3/c15-8-12-3-1-2-6-17(12)9-11-5-4-10(14(16)19)7-13(11)18(20)21/h4-5,7,12H,1-3,6,8-9,15H2,(H2,16,19). The number of carbonyl (C=O) groups is 1. The highest BCUT2D eigenvalue weighted by Gasteiger charge is 2.24. The minimum atomic E-state index is -0.664. The third-order valence-corrected chi connectivity index (χ3v) is 3.96. The second kappa shape index (κ2) is 6.64. The summed E-state index contributed by atoms with van der Waals surface area (Å²) in [6.45, 7) is 1.90. The van der Waals surface area contributed by atoms with Crippen LogP contribution in [0.2, 0.25) is 0 Å². The second-order valence-electron chi connectivity index (χ2n) is 5.32. The van der Waals surface area contributed by atoms with Crippen LogP contribution in [0.5, 0.6) is 0 Å². The van der Waals surface area contributed by atoms with Gasteiger partial charge in [0.05, 0.1) is 4.92 Å². The normalized spacial score (nSPS) is 19.4. The number of hydrogen-bond acceptors (Lipinski definition) is 5. The molecule has 1 fully saturated rings. The Bertz CT molecular complexity index is 547. The van der Waals surface area contributed by atoms with E-state index < -0.39 is 10.8 Å². The SMILES string of the molecule is NCC1CCCCN1Cc1ccc(C(N)=O)cc1[N+](=O)[O-]. The lowest BCUT2D eigenvalue weighted by molar-refractivity contribution is -0.385. The zero-order chi connectivity index (χ0) is 15.4. The maximum absolute atomic E-state index is 11.2. The van der Waals surface area contributed by atoms with E-state index in [4.69, 9.17) is 11.5 Å². The first kappa shape index (κ1) is 15.4. The molecule has 1 atom stereocenters. The number of rotatable bonds is 5. The molecule has 1 unspecified atom stereocenters. The van der Waals surface area contributed by atoms with E-state index in [2.05, 4.69) is 4.90 Å². The second-order valence-corrected chi connectivity index (χ2v) is 5.32. The van der Waals surface area contributed by atoms with Crippen molar-refractivity contribution >= 4 is 11.6 Å². The summed E-state index contributed by atoms with van der Waals surface area (Å²) in [5, 5.41) is 11.2. The fourth-order valence-corrected chi connectivity index (χ4v) is 2.77. The molecular formula is C14H20N4O3. The molecule has 1 saturated heterocycles. The molecule has 1 heterocycles. The van der Waals surface area contributed by atoms with Crippen LogP contribution in [0.4, 0.5) is 5.69 Å². The number of nitro groups is 1. The Hall–Kier alpha value is -1.99. The molecule has 2 rings (SSSR count). The average Bonchev–Trinajstić information content (AvgIpc) is 2.47. The summed E-state index contributed by atoms with van der Waals surface area (Å²) in [5.74, 6) is -0.664. The Morgan fingerprint density at radius 2 is 2.19 bits per heavy atom. The maximum atomic E-state index is 11.2. The first-order valence-electron chi connectivity index (χ1n) is 7.04. The van der Waals surface area contributed by atoms with E-state index in [1.807, 2.05) is 0 Å². The zero-order valence-corrected chi connectivity index (χ0v) is 11.8. The summed E-state index contributed by atoms with van der Waals surface area (Å²) < 4.78 is 0.